The molecular weight excluding hydrogens is 314 g/mol. The molecule has 0 aliphatic carbocycles. The van der Waals surface area contributed by atoms with E-state index in [0.29, 0.717) is 5.92 Å². The summed E-state index contributed by atoms with van der Waals surface area (Å²) < 4.78 is 0. The summed E-state index contributed by atoms with van der Waals surface area (Å²) in [4.78, 5) is 2.60. The van der Waals surface area contributed by atoms with Crippen LogP contribution < -0.4 is 0 Å². The van der Waals surface area contributed by atoms with Gasteiger partial charge in [0.1, 0.15) is 0 Å². The maximum Gasteiger partial charge on any atom is 0.0406 e. The van der Waals surface area contributed by atoms with Gasteiger partial charge < -0.3 is 4.90 Å². The van der Waals surface area contributed by atoms with Crippen molar-refractivity contribution in [3.63, 3.8) is 0 Å². The van der Waals surface area contributed by atoms with Gasteiger partial charge in [-0.1, -0.05) is 68.8 Å². The van der Waals surface area contributed by atoms with E-state index in [0.717, 1.165) is 5.02 Å². The van der Waals surface area contributed by atoms with Gasteiger partial charge in [-0.3, -0.25) is 0 Å². The lowest BCUT2D eigenvalue weighted by Gasteiger charge is -2.23. The Kier molecular flexibility index (Phi) is 7.81. The second-order valence-corrected chi connectivity index (χ2v) is 7.10. The molecule has 0 aliphatic rings. The standard InChI is InChI=1S/C22H30ClN/c1-4-15-24(16-5-2)17-14-18(3)19-6-8-20(9-7-19)21-10-12-22(23)13-11-21/h6-13,18H,4-5,14-17H2,1-3H3. The Bertz CT molecular complexity index is 582. The highest BCUT2D eigenvalue weighted by atomic mass is 35.5. The molecule has 2 heteroatoms. The molecule has 0 bridgehead atoms. The van der Waals surface area contributed by atoms with Crippen molar-refractivity contribution in [2.45, 2.75) is 46.0 Å². The zero-order valence-electron chi connectivity index (χ0n) is 15.3. The summed E-state index contributed by atoms with van der Waals surface area (Å²) >= 11 is 5.97. The molecule has 0 saturated heterocycles. The van der Waals surface area contributed by atoms with Crippen LogP contribution in [0.1, 0.15) is 51.5 Å². The van der Waals surface area contributed by atoms with Crippen molar-refractivity contribution in [2.75, 3.05) is 19.6 Å². The Morgan fingerprint density at radius 1 is 0.792 bits per heavy atom. The first-order valence-electron chi connectivity index (χ1n) is 9.22. The molecule has 1 unspecified atom stereocenters. The molecule has 2 aromatic rings. The molecule has 0 heterocycles. The van der Waals surface area contributed by atoms with E-state index >= 15 is 0 Å². The fourth-order valence-corrected chi connectivity index (χ4v) is 3.28. The number of halogens is 1. The van der Waals surface area contributed by atoms with Gasteiger partial charge in [-0.15, -0.1) is 0 Å². The number of hydrogen-bond donors (Lipinski definition) is 0. The molecule has 0 aromatic heterocycles. The average Bonchev–Trinajstić information content (AvgIpc) is 2.60. The van der Waals surface area contributed by atoms with E-state index < -0.39 is 0 Å². The quantitative estimate of drug-likeness (QED) is 0.494. The van der Waals surface area contributed by atoms with Gasteiger partial charge in [0.25, 0.3) is 0 Å². The van der Waals surface area contributed by atoms with Crippen LogP contribution in [0.25, 0.3) is 11.1 Å². The minimum Gasteiger partial charge on any atom is -0.303 e. The third-order valence-electron chi connectivity index (χ3n) is 4.62. The molecule has 24 heavy (non-hydrogen) atoms. The summed E-state index contributed by atoms with van der Waals surface area (Å²) in [6.45, 7) is 10.5. The molecule has 0 amide bonds. The highest BCUT2D eigenvalue weighted by Gasteiger charge is 2.09. The lowest BCUT2D eigenvalue weighted by Crippen LogP contribution is -2.27. The molecule has 1 nitrogen and oxygen atoms in total. The highest BCUT2D eigenvalue weighted by Crippen LogP contribution is 2.25. The predicted octanol–water partition coefficient (Wildman–Crippen LogP) is 6.62. The van der Waals surface area contributed by atoms with Crippen molar-refractivity contribution in [1.29, 1.82) is 0 Å². The maximum absolute atomic E-state index is 5.97. The summed E-state index contributed by atoms with van der Waals surface area (Å²) in [6.07, 6.45) is 3.70. The molecule has 130 valence electrons. The molecule has 0 aliphatic heterocycles. The maximum atomic E-state index is 5.97. The minimum atomic E-state index is 0.598. The molecule has 0 N–H and O–H groups in total. The Balaban J connectivity index is 1.95. The Morgan fingerprint density at radius 3 is 1.79 bits per heavy atom. The summed E-state index contributed by atoms with van der Waals surface area (Å²) in [5.41, 5.74) is 3.90. The molecular formula is C22H30ClN. The minimum absolute atomic E-state index is 0.598. The van der Waals surface area contributed by atoms with Crippen molar-refractivity contribution in [3.8, 4) is 11.1 Å². The monoisotopic (exact) mass is 343 g/mol. The number of benzene rings is 2. The number of hydrogen-bond acceptors (Lipinski definition) is 1. The van der Waals surface area contributed by atoms with Crippen LogP contribution in [0, 0.1) is 0 Å². The summed E-state index contributed by atoms with van der Waals surface area (Å²) in [5, 5.41) is 0.785. The molecule has 0 saturated carbocycles. The van der Waals surface area contributed by atoms with Crippen molar-refractivity contribution in [3.05, 3.63) is 59.1 Å². The summed E-state index contributed by atoms with van der Waals surface area (Å²) in [7, 11) is 0. The van der Waals surface area contributed by atoms with Gasteiger partial charge in [-0.2, -0.15) is 0 Å². The van der Waals surface area contributed by atoms with Gasteiger partial charge in [-0.25, -0.2) is 0 Å². The van der Waals surface area contributed by atoms with E-state index in [1.165, 1.54) is 55.6 Å². The summed E-state index contributed by atoms with van der Waals surface area (Å²) in [6, 6.07) is 17.1. The van der Waals surface area contributed by atoms with Crippen molar-refractivity contribution in [2.24, 2.45) is 0 Å². The molecule has 0 radical (unpaired) electrons. The van der Waals surface area contributed by atoms with Crippen LogP contribution >= 0.6 is 11.6 Å². The van der Waals surface area contributed by atoms with Gasteiger partial charge in [0.05, 0.1) is 0 Å². The van der Waals surface area contributed by atoms with Crippen LogP contribution in [-0.2, 0) is 0 Å². The van der Waals surface area contributed by atoms with Crippen LogP contribution in [0.5, 0.6) is 0 Å². The molecule has 2 aromatic carbocycles. The lowest BCUT2D eigenvalue weighted by molar-refractivity contribution is 0.265. The third kappa shape index (κ3) is 5.65. The van der Waals surface area contributed by atoms with E-state index in [1.54, 1.807) is 0 Å². The lowest BCUT2D eigenvalue weighted by atomic mass is 9.95. The molecule has 1 atom stereocenters. The number of rotatable bonds is 9. The molecule has 0 spiro atoms. The van der Waals surface area contributed by atoms with Crippen LogP contribution in [0.15, 0.2) is 48.5 Å². The molecule has 2 rings (SSSR count). The second-order valence-electron chi connectivity index (χ2n) is 6.66. The fraction of sp³-hybridized carbons (Fsp3) is 0.455. The predicted molar refractivity (Wildman–Crippen MR) is 107 cm³/mol. The van der Waals surface area contributed by atoms with Crippen molar-refractivity contribution >= 4 is 11.6 Å². The van der Waals surface area contributed by atoms with Gasteiger partial charge in [0.15, 0.2) is 0 Å². The normalized spacial score (nSPS) is 12.5. The van der Waals surface area contributed by atoms with Crippen LogP contribution in [0.3, 0.4) is 0 Å². The highest BCUT2D eigenvalue weighted by molar-refractivity contribution is 6.30. The Hall–Kier alpha value is -1.31. The zero-order valence-corrected chi connectivity index (χ0v) is 16.0. The van der Waals surface area contributed by atoms with Crippen LogP contribution in [0.2, 0.25) is 5.02 Å². The van der Waals surface area contributed by atoms with E-state index in [4.69, 9.17) is 11.6 Å². The Morgan fingerprint density at radius 2 is 1.29 bits per heavy atom. The van der Waals surface area contributed by atoms with Crippen LogP contribution in [-0.4, -0.2) is 24.5 Å². The fourth-order valence-electron chi connectivity index (χ4n) is 3.16. The van der Waals surface area contributed by atoms with Gasteiger partial charge in [0.2, 0.25) is 0 Å². The average molecular weight is 344 g/mol. The summed E-state index contributed by atoms with van der Waals surface area (Å²) in [5.74, 6) is 0.598. The first kappa shape index (κ1) is 19.0. The smallest absolute Gasteiger partial charge is 0.0406 e. The number of nitrogens with zero attached hydrogens (tertiary/aromatic N) is 1. The van der Waals surface area contributed by atoms with Gasteiger partial charge in [0, 0.05) is 5.02 Å². The van der Waals surface area contributed by atoms with Crippen LogP contribution in [0.4, 0.5) is 0 Å². The third-order valence-corrected chi connectivity index (χ3v) is 4.87. The first-order valence-corrected chi connectivity index (χ1v) is 9.60. The van der Waals surface area contributed by atoms with E-state index in [9.17, 15) is 0 Å². The van der Waals surface area contributed by atoms with E-state index in [-0.39, 0.29) is 0 Å². The Labute approximate surface area is 152 Å². The van der Waals surface area contributed by atoms with E-state index in [1.807, 2.05) is 12.1 Å². The van der Waals surface area contributed by atoms with Crippen molar-refractivity contribution < 1.29 is 0 Å². The van der Waals surface area contributed by atoms with E-state index in [2.05, 4.69) is 62.1 Å². The largest absolute Gasteiger partial charge is 0.303 e. The zero-order chi connectivity index (χ0) is 17.4. The second kappa shape index (κ2) is 9.86. The topological polar surface area (TPSA) is 3.24 Å². The van der Waals surface area contributed by atoms with Gasteiger partial charge >= 0.3 is 0 Å². The van der Waals surface area contributed by atoms with Crippen molar-refractivity contribution in [1.82, 2.24) is 4.90 Å². The SMILES string of the molecule is CCCN(CCC)CCC(C)c1ccc(-c2ccc(Cl)cc2)cc1. The first-order chi connectivity index (χ1) is 11.6. The van der Waals surface area contributed by atoms with Gasteiger partial charge in [-0.05, 0) is 73.6 Å². The molecule has 0 fully saturated rings.